The van der Waals surface area contributed by atoms with Crippen LogP contribution in [0.3, 0.4) is 0 Å². The van der Waals surface area contributed by atoms with Crippen molar-refractivity contribution in [2.45, 2.75) is 13.8 Å². The maximum Gasteiger partial charge on any atom is 0.0672 e. The van der Waals surface area contributed by atoms with E-state index in [0.29, 0.717) is 11.8 Å². The Labute approximate surface area is 61.1 Å². The van der Waals surface area contributed by atoms with Gasteiger partial charge in [0, 0.05) is 0 Å². The summed E-state index contributed by atoms with van der Waals surface area (Å²) in [6, 6.07) is 4.32. The van der Waals surface area contributed by atoms with Gasteiger partial charge in [-0.15, -0.1) is 0 Å². The van der Waals surface area contributed by atoms with Crippen molar-refractivity contribution in [3.63, 3.8) is 0 Å². The van der Waals surface area contributed by atoms with Crippen LogP contribution in [-0.2, 0) is 0 Å². The third kappa shape index (κ3) is 0.693. The molecule has 0 aliphatic heterocycles. The highest BCUT2D eigenvalue weighted by molar-refractivity contribution is 5.11. The van der Waals surface area contributed by atoms with E-state index in [1.807, 2.05) is 13.8 Å². The molecule has 0 bridgehead atoms. The molecule has 0 spiro atoms. The van der Waals surface area contributed by atoms with Crippen LogP contribution in [0.15, 0.2) is 0 Å². The molecule has 1 aliphatic carbocycles. The molecule has 10 heavy (non-hydrogen) atoms. The fraction of sp³-hybridized carbons (Fsp3) is 0.750. The Bertz CT molecular complexity index is 184. The van der Waals surface area contributed by atoms with E-state index in [1.165, 1.54) is 0 Å². The first-order valence-corrected chi connectivity index (χ1v) is 3.51. The molecule has 0 amide bonds. The minimum absolute atomic E-state index is 0.0139. The van der Waals surface area contributed by atoms with Gasteiger partial charge in [0.25, 0.3) is 0 Å². The Morgan fingerprint density at radius 1 is 0.900 bits per heavy atom. The molecule has 0 radical (unpaired) electrons. The van der Waals surface area contributed by atoms with Crippen molar-refractivity contribution in [1.29, 1.82) is 10.5 Å². The number of rotatable bonds is 0. The van der Waals surface area contributed by atoms with Crippen LogP contribution in [0.2, 0.25) is 0 Å². The normalized spacial score (nSPS) is 44.8. The summed E-state index contributed by atoms with van der Waals surface area (Å²) in [5.74, 6) is 0.796. The third-order valence-corrected chi connectivity index (χ3v) is 2.65. The first kappa shape index (κ1) is 7.09. The van der Waals surface area contributed by atoms with Gasteiger partial charge in [-0.1, -0.05) is 13.8 Å². The van der Waals surface area contributed by atoms with Gasteiger partial charge in [0.15, 0.2) is 0 Å². The molecule has 1 aliphatic rings. The Kier molecular flexibility index (Phi) is 1.64. The fourth-order valence-electron chi connectivity index (χ4n) is 1.56. The smallest absolute Gasteiger partial charge is 0.0672 e. The summed E-state index contributed by atoms with van der Waals surface area (Å²) >= 11 is 0. The monoisotopic (exact) mass is 134 g/mol. The van der Waals surface area contributed by atoms with Crippen molar-refractivity contribution in [3.8, 4) is 12.1 Å². The van der Waals surface area contributed by atoms with Crippen LogP contribution >= 0.6 is 0 Å². The molecule has 2 heteroatoms. The largest absolute Gasteiger partial charge is 0.198 e. The molecule has 0 saturated heterocycles. The van der Waals surface area contributed by atoms with Gasteiger partial charge >= 0.3 is 0 Å². The summed E-state index contributed by atoms with van der Waals surface area (Å²) in [6.07, 6.45) is 0. The zero-order valence-electron chi connectivity index (χ0n) is 6.20. The predicted molar refractivity (Wildman–Crippen MR) is 36.5 cm³/mol. The van der Waals surface area contributed by atoms with Crippen LogP contribution in [0, 0.1) is 46.3 Å². The highest BCUT2D eigenvalue weighted by Crippen LogP contribution is 2.44. The van der Waals surface area contributed by atoms with E-state index in [1.54, 1.807) is 0 Å². The molecule has 1 rings (SSSR count). The number of nitriles is 2. The lowest BCUT2D eigenvalue weighted by molar-refractivity contribution is 0.0864. The second kappa shape index (κ2) is 2.31. The average molecular weight is 134 g/mol. The molecule has 2 nitrogen and oxygen atoms in total. The van der Waals surface area contributed by atoms with E-state index < -0.39 is 0 Å². The average Bonchev–Trinajstić information content (AvgIpc) is 1.97. The highest BCUT2D eigenvalue weighted by Gasteiger charge is 2.45. The van der Waals surface area contributed by atoms with Crippen LogP contribution in [0.4, 0.5) is 0 Å². The van der Waals surface area contributed by atoms with E-state index in [-0.39, 0.29) is 11.8 Å². The van der Waals surface area contributed by atoms with Crippen molar-refractivity contribution in [2.75, 3.05) is 0 Å². The number of hydrogen-bond acceptors (Lipinski definition) is 2. The summed E-state index contributed by atoms with van der Waals surface area (Å²) in [4.78, 5) is 0. The zero-order chi connectivity index (χ0) is 7.72. The minimum Gasteiger partial charge on any atom is -0.198 e. The van der Waals surface area contributed by atoms with Crippen molar-refractivity contribution < 1.29 is 0 Å². The lowest BCUT2D eigenvalue weighted by atomic mass is 9.59. The molecule has 0 N–H and O–H groups in total. The van der Waals surface area contributed by atoms with Gasteiger partial charge in [-0.3, -0.25) is 0 Å². The lowest BCUT2D eigenvalue weighted by Gasteiger charge is -2.41. The minimum atomic E-state index is -0.0139. The molecule has 1 fully saturated rings. The number of nitrogens with zero attached hydrogens (tertiary/aromatic N) is 2. The quantitative estimate of drug-likeness (QED) is 0.504. The first-order chi connectivity index (χ1) is 4.72. The zero-order valence-corrected chi connectivity index (χ0v) is 6.20. The van der Waals surface area contributed by atoms with Gasteiger partial charge in [0.2, 0.25) is 0 Å². The molecule has 0 heterocycles. The second-order valence-electron chi connectivity index (χ2n) is 3.03. The summed E-state index contributed by atoms with van der Waals surface area (Å²) < 4.78 is 0. The molecule has 52 valence electrons. The third-order valence-electron chi connectivity index (χ3n) is 2.65. The van der Waals surface area contributed by atoms with Crippen molar-refractivity contribution in [1.82, 2.24) is 0 Å². The Balaban J connectivity index is 2.65. The standard InChI is InChI=1S/C8H10N2/c1-5-6(2)8(4-10)7(5)3-9/h5-8H,1-2H3/t5?,6?,7-,8+. The van der Waals surface area contributed by atoms with Crippen molar-refractivity contribution in [3.05, 3.63) is 0 Å². The Morgan fingerprint density at radius 3 is 1.40 bits per heavy atom. The Morgan fingerprint density at radius 2 is 1.20 bits per heavy atom. The van der Waals surface area contributed by atoms with E-state index in [2.05, 4.69) is 12.1 Å². The molecule has 0 aromatic rings. The highest BCUT2D eigenvalue weighted by atomic mass is 14.5. The molecule has 2 unspecified atom stereocenters. The Hall–Kier alpha value is -1.02. The van der Waals surface area contributed by atoms with E-state index in [0.717, 1.165) is 0 Å². The van der Waals surface area contributed by atoms with Gasteiger partial charge in [0.1, 0.15) is 0 Å². The molecular weight excluding hydrogens is 124 g/mol. The van der Waals surface area contributed by atoms with Crippen LogP contribution < -0.4 is 0 Å². The summed E-state index contributed by atoms with van der Waals surface area (Å²) in [6.45, 7) is 4.07. The van der Waals surface area contributed by atoms with Gasteiger partial charge in [-0.2, -0.15) is 10.5 Å². The summed E-state index contributed by atoms with van der Waals surface area (Å²) in [5, 5.41) is 17.1. The molecular formula is C8H10N2. The predicted octanol–water partition coefficient (Wildman–Crippen LogP) is 1.55. The van der Waals surface area contributed by atoms with Gasteiger partial charge in [-0.25, -0.2) is 0 Å². The van der Waals surface area contributed by atoms with Crippen LogP contribution in [0.25, 0.3) is 0 Å². The molecule has 1 saturated carbocycles. The topological polar surface area (TPSA) is 47.6 Å². The molecule has 0 aromatic carbocycles. The van der Waals surface area contributed by atoms with Crippen LogP contribution in [-0.4, -0.2) is 0 Å². The van der Waals surface area contributed by atoms with E-state index in [4.69, 9.17) is 10.5 Å². The van der Waals surface area contributed by atoms with E-state index >= 15 is 0 Å². The second-order valence-corrected chi connectivity index (χ2v) is 3.03. The van der Waals surface area contributed by atoms with Gasteiger partial charge in [-0.05, 0) is 11.8 Å². The fourth-order valence-corrected chi connectivity index (χ4v) is 1.56. The van der Waals surface area contributed by atoms with Crippen molar-refractivity contribution >= 4 is 0 Å². The first-order valence-electron chi connectivity index (χ1n) is 3.51. The van der Waals surface area contributed by atoms with Crippen LogP contribution in [0.5, 0.6) is 0 Å². The maximum absolute atomic E-state index is 8.57. The van der Waals surface area contributed by atoms with E-state index in [9.17, 15) is 0 Å². The van der Waals surface area contributed by atoms with Crippen LogP contribution in [0.1, 0.15) is 13.8 Å². The number of hydrogen-bond donors (Lipinski definition) is 0. The molecule has 0 aromatic heterocycles. The molecule has 4 atom stereocenters. The van der Waals surface area contributed by atoms with Crippen molar-refractivity contribution in [2.24, 2.45) is 23.7 Å². The summed E-state index contributed by atoms with van der Waals surface area (Å²) in [5.41, 5.74) is 0. The SMILES string of the molecule is CC1C(C)[C@H](C#N)[C@@H]1C#N. The van der Waals surface area contributed by atoms with Gasteiger partial charge < -0.3 is 0 Å². The lowest BCUT2D eigenvalue weighted by Crippen LogP contribution is -2.41. The maximum atomic E-state index is 8.57. The summed E-state index contributed by atoms with van der Waals surface area (Å²) in [7, 11) is 0. The van der Waals surface area contributed by atoms with Gasteiger partial charge in [0.05, 0.1) is 24.0 Å².